The Hall–Kier alpha value is -1.49. The van der Waals surface area contributed by atoms with Crippen LogP contribution in [0.3, 0.4) is 0 Å². The maximum absolute atomic E-state index is 13.0. The third kappa shape index (κ3) is 2.79. The van der Waals surface area contributed by atoms with Crippen molar-refractivity contribution in [3.05, 3.63) is 29.8 Å². The molecule has 0 saturated carbocycles. The summed E-state index contributed by atoms with van der Waals surface area (Å²) < 4.78 is 25.8. The van der Waals surface area contributed by atoms with Gasteiger partial charge in [-0.05, 0) is 26.0 Å². The number of anilines is 1. The number of rotatable bonds is 3. The van der Waals surface area contributed by atoms with Gasteiger partial charge in [-0.25, -0.2) is 8.78 Å². The molecule has 0 aliphatic carbocycles. The predicted molar refractivity (Wildman–Crippen MR) is 62.6 cm³/mol. The Labute approximate surface area is 99.2 Å². The van der Waals surface area contributed by atoms with Crippen LogP contribution < -0.4 is 10.6 Å². The molecule has 0 heterocycles. The van der Waals surface area contributed by atoms with Gasteiger partial charge in [0, 0.05) is 25.3 Å². The fourth-order valence-electron chi connectivity index (χ4n) is 1.35. The van der Waals surface area contributed by atoms with E-state index in [4.69, 9.17) is 5.73 Å². The Balaban J connectivity index is 3.00. The van der Waals surface area contributed by atoms with Gasteiger partial charge in [0.15, 0.2) is 11.6 Å². The van der Waals surface area contributed by atoms with E-state index >= 15 is 0 Å². The van der Waals surface area contributed by atoms with Crippen molar-refractivity contribution >= 4 is 11.6 Å². The largest absolute Gasteiger partial charge is 0.329 e. The molecule has 1 aromatic rings. The molecule has 0 aromatic heterocycles. The number of benzene rings is 1. The second-order valence-electron chi connectivity index (χ2n) is 4.55. The number of amides is 1. The quantitative estimate of drug-likeness (QED) is 0.880. The van der Waals surface area contributed by atoms with Crippen molar-refractivity contribution in [2.75, 3.05) is 18.5 Å². The van der Waals surface area contributed by atoms with E-state index in [2.05, 4.69) is 0 Å². The number of hydrogen-bond donors (Lipinski definition) is 1. The number of nitrogens with zero attached hydrogens (tertiary/aromatic N) is 1. The van der Waals surface area contributed by atoms with Gasteiger partial charge < -0.3 is 10.6 Å². The zero-order valence-electron chi connectivity index (χ0n) is 10.1. The zero-order valence-corrected chi connectivity index (χ0v) is 10.1. The topological polar surface area (TPSA) is 46.3 Å². The Kier molecular flexibility index (Phi) is 3.83. The third-order valence-corrected chi connectivity index (χ3v) is 2.68. The summed E-state index contributed by atoms with van der Waals surface area (Å²) in [4.78, 5) is 13.3. The van der Waals surface area contributed by atoms with Gasteiger partial charge in [-0.1, -0.05) is 0 Å². The standard InChI is InChI=1S/C12H16F2N2O/c1-12(2,7-15)11(17)16(3)8-4-5-9(13)10(14)6-8/h4-6H,7,15H2,1-3H3. The summed E-state index contributed by atoms with van der Waals surface area (Å²) in [6, 6.07) is 3.33. The van der Waals surface area contributed by atoms with Crippen molar-refractivity contribution < 1.29 is 13.6 Å². The molecule has 1 aromatic carbocycles. The fraction of sp³-hybridized carbons (Fsp3) is 0.417. The third-order valence-electron chi connectivity index (χ3n) is 2.68. The first kappa shape index (κ1) is 13.6. The average molecular weight is 242 g/mol. The lowest BCUT2D eigenvalue weighted by molar-refractivity contribution is -0.125. The van der Waals surface area contributed by atoms with E-state index < -0.39 is 17.0 Å². The molecule has 0 atom stereocenters. The van der Waals surface area contributed by atoms with Crippen LogP contribution in [-0.2, 0) is 4.79 Å². The number of nitrogens with two attached hydrogens (primary N) is 1. The van der Waals surface area contributed by atoms with Crippen LogP contribution in [0.25, 0.3) is 0 Å². The number of hydrogen-bond acceptors (Lipinski definition) is 2. The minimum atomic E-state index is -0.979. The first-order valence-corrected chi connectivity index (χ1v) is 5.23. The Morgan fingerprint density at radius 1 is 1.35 bits per heavy atom. The number of carbonyl (C=O) groups excluding carboxylic acids is 1. The van der Waals surface area contributed by atoms with E-state index in [1.54, 1.807) is 13.8 Å². The number of halogens is 2. The normalized spacial score (nSPS) is 11.4. The molecule has 1 amide bonds. The van der Waals surface area contributed by atoms with Gasteiger partial charge in [0.05, 0.1) is 5.41 Å². The smallest absolute Gasteiger partial charge is 0.233 e. The van der Waals surface area contributed by atoms with Crippen molar-refractivity contribution in [1.29, 1.82) is 0 Å². The van der Waals surface area contributed by atoms with Crippen molar-refractivity contribution in [2.24, 2.45) is 11.1 Å². The van der Waals surface area contributed by atoms with Gasteiger partial charge >= 0.3 is 0 Å². The summed E-state index contributed by atoms with van der Waals surface area (Å²) in [5, 5.41) is 0. The van der Waals surface area contributed by atoms with E-state index in [0.717, 1.165) is 12.1 Å². The van der Waals surface area contributed by atoms with Gasteiger partial charge in [-0.2, -0.15) is 0 Å². The summed E-state index contributed by atoms with van der Waals surface area (Å²) in [5.41, 5.74) is 5.06. The van der Waals surface area contributed by atoms with Crippen LogP contribution in [0.1, 0.15) is 13.8 Å². The molecule has 0 aliphatic rings. The summed E-state index contributed by atoms with van der Waals surface area (Å²) in [6.07, 6.45) is 0. The maximum atomic E-state index is 13.0. The van der Waals surface area contributed by atoms with Crippen molar-refractivity contribution in [1.82, 2.24) is 0 Å². The van der Waals surface area contributed by atoms with Gasteiger partial charge in [-0.3, -0.25) is 4.79 Å². The van der Waals surface area contributed by atoms with Gasteiger partial charge in [0.2, 0.25) is 5.91 Å². The Bertz CT molecular complexity index is 433. The van der Waals surface area contributed by atoms with Crippen LogP contribution in [0.4, 0.5) is 14.5 Å². The van der Waals surface area contributed by atoms with E-state index in [1.807, 2.05) is 0 Å². The van der Waals surface area contributed by atoms with E-state index in [-0.39, 0.29) is 12.5 Å². The highest BCUT2D eigenvalue weighted by Crippen LogP contribution is 2.23. The molecule has 0 spiro atoms. The van der Waals surface area contributed by atoms with Crippen molar-refractivity contribution in [3.63, 3.8) is 0 Å². The SMILES string of the molecule is CN(C(=O)C(C)(C)CN)c1ccc(F)c(F)c1. The zero-order chi connectivity index (χ0) is 13.2. The molecule has 0 unspecified atom stereocenters. The molecule has 5 heteroatoms. The molecule has 0 fully saturated rings. The molecule has 0 aliphatic heterocycles. The minimum absolute atomic E-state index is 0.180. The van der Waals surface area contributed by atoms with Crippen molar-refractivity contribution in [2.45, 2.75) is 13.8 Å². The van der Waals surface area contributed by atoms with E-state index in [1.165, 1.54) is 18.0 Å². The Morgan fingerprint density at radius 3 is 2.41 bits per heavy atom. The second kappa shape index (κ2) is 4.79. The molecular formula is C12H16F2N2O. The first-order valence-electron chi connectivity index (χ1n) is 5.23. The summed E-state index contributed by atoms with van der Waals surface area (Å²) in [5.74, 6) is -2.16. The van der Waals surface area contributed by atoms with Crippen LogP contribution in [0.2, 0.25) is 0 Å². The highest BCUT2D eigenvalue weighted by Gasteiger charge is 2.29. The highest BCUT2D eigenvalue weighted by molar-refractivity contribution is 5.96. The minimum Gasteiger partial charge on any atom is -0.329 e. The van der Waals surface area contributed by atoms with Crippen molar-refractivity contribution in [3.8, 4) is 0 Å². The van der Waals surface area contributed by atoms with Gasteiger partial charge in [0.25, 0.3) is 0 Å². The molecule has 0 radical (unpaired) electrons. The molecule has 0 bridgehead atoms. The fourth-order valence-corrected chi connectivity index (χ4v) is 1.35. The number of carbonyl (C=O) groups is 1. The lowest BCUT2D eigenvalue weighted by atomic mass is 9.92. The van der Waals surface area contributed by atoms with Crippen LogP contribution in [0.15, 0.2) is 18.2 Å². The molecule has 2 N–H and O–H groups in total. The van der Waals surface area contributed by atoms with Crippen LogP contribution >= 0.6 is 0 Å². The van der Waals surface area contributed by atoms with Crippen LogP contribution in [-0.4, -0.2) is 19.5 Å². The molecule has 1 rings (SSSR count). The highest BCUT2D eigenvalue weighted by atomic mass is 19.2. The Morgan fingerprint density at radius 2 is 1.94 bits per heavy atom. The lowest BCUT2D eigenvalue weighted by Crippen LogP contribution is -2.43. The molecular weight excluding hydrogens is 226 g/mol. The average Bonchev–Trinajstić information content (AvgIpc) is 2.30. The molecule has 94 valence electrons. The molecule has 3 nitrogen and oxygen atoms in total. The monoisotopic (exact) mass is 242 g/mol. The van der Waals surface area contributed by atoms with Gasteiger partial charge in [-0.15, -0.1) is 0 Å². The first-order chi connectivity index (χ1) is 7.79. The molecule has 0 saturated heterocycles. The predicted octanol–water partition coefficient (Wildman–Crippen LogP) is 1.91. The second-order valence-corrected chi connectivity index (χ2v) is 4.55. The maximum Gasteiger partial charge on any atom is 0.233 e. The summed E-state index contributed by atoms with van der Waals surface area (Å²) in [7, 11) is 1.51. The van der Waals surface area contributed by atoms with Crippen LogP contribution in [0.5, 0.6) is 0 Å². The van der Waals surface area contributed by atoms with Crippen LogP contribution in [0, 0.1) is 17.0 Å². The summed E-state index contributed by atoms with van der Waals surface area (Å²) in [6.45, 7) is 3.58. The lowest BCUT2D eigenvalue weighted by Gasteiger charge is -2.28. The summed E-state index contributed by atoms with van der Waals surface area (Å²) >= 11 is 0. The van der Waals surface area contributed by atoms with Gasteiger partial charge in [0.1, 0.15) is 0 Å². The van der Waals surface area contributed by atoms with E-state index in [9.17, 15) is 13.6 Å². The molecule has 17 heavy (non-hydrogen) atoms. The van der Waals surface area contributed by atoms with E-state index in [0.29, 0.717) is 5.69 Å².